The highest BCUT2D eigenvalue weighted by atomic mass is 79.9. The van der Waals surface area contributed by atoms with Crippen molar-refractivity contribution in [2.24, 2.45) is 0 Å². The van der Waals surface area contributed by atoms with Gasteiger partial charge >= 0.3 is 0 Å². The molecule has 0 nitrogen and oxygen atoms in total. The van der Waals surface area contributed by atoms with E-state index in [1.165, 1.54) is 12.0 Å². The van der Waals surface area contributed by atoms with Crippen LogP contribution >= 0.6 is 26.2 Å². The van der Waals surface area contributed by atoms with Crippen molar-refractivity contribution in [3.8, 4) is 0 Å². The third-order valence-electron chi connectivity index (χ3n) is 3.91. The molecule has 2 unspecified atom stereocenters. The average molecular weight is 315 g/mol. The van der Waals surface area contributed by atoms with Gasteiger partial charge in [0.2, 0.25) is 0 Å². The molecule has 2 atom stereocenters. The minimum Gasteiger partial charge on any atom is -0.130 e. The Hall–Kier alpha value is 0.130. The lowest BCUT2D eigenvalue weighted by molar-refractivity contribution is 0.403. The zero-order chi connectivity index (χ0) is 12.1. The Balaban J connectivity index is 0.00000144. The van der Waals surface area contributed by atoms with Gasteiger partial charge in [-0.25, -0.2) is 0 Å². The van der Waals surface area contributed by atoms with E-state index in [2.05, 4.69) is 62.1 Å². The Morgan fingerprint density at radius 2 is 1.59 bits per heavy atom. The first-order valence-corrected chi connectivity index (χ1v) is 6.81. The van der Waals surface area contributed by atoms with Crippen molar-refractivity contribution >= 4 is 26.2 Å². The molecule has 0 N–H and O–H groups in total. The summed E-state index contributed by atoms with van der Waals surface area (Å²) < 4.78 is 0. The first kappa shape index (κ1) is 15.2. The van der Waals surface area contributed by atoms with Crippen molar-refractivity contribution in [3.05, 3.63) is 34.9 Å². The quantitative estimate of drug-likeness (QED) is 0.628. The molecule has 0 bridgehead atoms. The molecule has 0 saturated carbocycles. The number of fused-ring (bicyclic) bond motifs is 1. The second-order valence-corrected chi connectivity index (χ2v) is 7.54. The van der Waals surface area contributed by atoms with Crippen LogP contribution in [0.5, 0.6) is 0 Å². The SMILES string of the molecule is Br.CC(P)c1ccc2c(c1)C(C)(C)CC2(C)C. The van der Waals surface area contributed by atoms with E-state index in [-0.39, 0.29) is 17.0 Å². The van der Waals surface area contributed by atoms with E-state index in [9.17, 15) is 0 Å². The van der Waals surface area contributed by atoms with E-state index in [0.29, 0.717) is 16.5 Å². The van der Waals surface area contributed by atoms with Gasteiger partial charge in [0.05, 0.1) is 0 Å². The van der Waals surface area contributed by atoms with E-state index < -0.39 is 0 Å². The van der Waals surface area contributed by atoms with Gasteiger partial charge in [-0.15, -0.1) is 26.2 Å². The van der Waals surface area contributed by atoms with Gasteiger partial charge in [-0.2, -0.15) is 0 Å². The summed E-state index contributed by atoms with van der Waals surface area (Å²) in [5.74, 6) is 0. The molecule has 2 rings (SSSR count). The van der Waals surface area contributed by atoms with Gasteiger partial charge in [0.25, 0.3) is 0 Å². The normalized spacial score (nSPS) is 21.5. The van der Waals surface area contributed by atoms with Crippen molar-refractivity contribution < 1.29 is 0 Å². The van der Waals surface area contributed by atoms with Crippen molar-refractivity contribution in [1.82, 2.24) is 0 Å². The molecule has 0 amide bonds. The predicted octanol–water partition coefficient (Wildman–Crippen LogP) is 5.16. The summed E-state index contributed by atoms with van der Waals surface area (Å²) in [4.78, 5) is 0. The summed E-state index contributed by atoms with van der Waals surface area (Å²) in [5.41, 5.74) is 5.76. The largest absolute Gasteiger partial charge is 0.130 e. The van der Waals surface area contributed by atoms with E-state index in [1.807, 2.05) is 0 Å². The molecule has 1 aliphatic rings. The lowest BCUT2D eigenvalue weighted by Crippen LogP contribution is -2.17. The Morgan fingerprint density at radius 1 is 1.06 bits per heavy atom. The lowest BCUT2D eigenvalue weighted by Gasteiger charge is -2.22. The molecule has 0 spiro atoms. The van der Waals surface area contributed by atoms with Crippen LogP contribution in [-0.4, -0.2) is 0 Å². The van der Waals surface area contributed by atoms with Gasteiger partial charge < -0.3 is 0 Å². The number of benzene rings is 1. The molecule has 1 aromatic carbocycles. The van der Waals surface area contributed by atoms with Gasteiger partial charge in [-0.3, -0.25) is 0 Å². The second-order valence-electron chi connectivity index (χ2n) is 6.54. The first-order valence-electron chi connectivity index (χ1n) is 6.14. The summed E-state index contributed by atoms with van der Waals surface area (Å²) in [5, 5.41) is 0. The standard InChI is InChI=1S/C15H23P.BrH/c1-10(16)11-6-7-12-13(8-11)15(4,5)9-14(12,2)3;/h6-8,10H,9,16H2,1-5H3;1H. The predicted molar refractivity (Wildman–Crippen MR) is 85.6 cm³/mol. The molecule has 0 saturated heterocycles. The van der Waals surface area contributed by atoms with Crippen LogP contribution in [0.1, 0.15) is 63.4 Å². The van der Waals surface area contributed by atoms with Crippen molar-refractivity contribution in [2.45, 2.75) is 57.5 Å². The molecule has 0 aliphatic heterocycles. The van der Waals surface area contributed by atoms with Gasteiger partial charge in [0, 0.05) is 0 Å². The van der Waals surface area contributed by atoms with Crippen LogP contribution in [0.2, 0.25) is 0 Å². The molecule has 2 heteroatoms. The molecule has 1 aromatic rings. The Morgan fingerprint density at radius 3 is 2.12 bits per heavy atom. The minimum absolute atomic E-state index is 0. The Labute approximate surface area is 119 Å². The number of hydrogen-bond donors (Lipinski definition) is 0. The smallest absolute Gasteiger partial charge is 0.00427 e. The highest BCUT2D eigenvalue weighted by Crippen LogP contribution is 2.49. The van der Waals surface area contributed by atoms with Crippen molar-refractivity contribution in [1.29, 1.82) is 0 Å². The summed E-state index contributed by atoms with van der Waals surface area (Å²) in [7, 11) is 2.89. The van der Waals surface area contributed by atoms with Gasteiger partial charge in [-0.05, 0) is 39.6 Å². The zero-order valence-electron chi connectivity index (χ0n) is 11.5. The topological polar surface area (TPSA) is 0 Å². The summed E-state index contributed by atoms with van der Waals surface area (Å²) in [6.07, 6.45) is 1.25. The Kier molecular flexibility index (Phi) is 4.17. The summed E-state index contributed by atoms with van der Waals surface area (Å²) >= 11 is 0. The zero-order valence-corrected chi connectivity index (χ0v) is 14.4. The molecule has 96 valence electrons. The van der Waals surface area contributed by atoms with Crippen molar-refractivity contribution in [3.63, 3.8) is 0 Å². The van der Waals surface area contributed by atoms with E-state index >= 15 is 0 Å². The fraction of sp³-hybridized carbons (Fsp3) is 0.600. The number of hydrogen-bond acceptors (Lipinski definition) is 0. The van der Waals surface area contributed by atoms with E-state index in [0.717, 1.165) is 0 Å². The van der Waals surface area contributed by atoms with Crippen LogP contribution in [0.25, 0.3) is 0 Å². The third kappa shape index (κ3) is 2.61. The lowest BCUT2D eigenvalue weighted by atomic mass is 9.82. The molecule has 0 heterocycles. The molecular weight excluding hydrogens is 291 g/mol. The van der Waals surface area contributed by atoms with Crippen LogP contribution in [0.15, 0.2) is 18.2 Å². The molecule has 0 aromatic heterocycles. The maximum atomic E-state index is 2.89. The first-order chi connectivity index (χ1) is 7.24. The van der Waals surface area contributed by atoms with Gasteiger partial charge in [0.1, 0.15) is 0 Å². The fourth-order valence-corrected chi connectivity index (χ4v) is 3.50. The minimum atomic E-state index is 0. The molecular formula is C15H24BrP. The summed E-state index contributed by atoms with van der Waals surface area (Å²) in [6.45, 7) is 11.7. The van der Waals surface area contributed by atoms with Crippen LogP contribution in [-0.2, 0) is 10.8 Å². The Bertz CT molecular complexity index is 419. The summed E-state index contributed by atoms with van der Waals surface area (Å²) in [6, 6.07) is 7.06. The average Bonchev–Trinajstić information content (AvgIpc) is 2.32. The van der Waals surface area contributed by atoms with Crippen LogP contribution < -0.4 is 0 Å². The molecule has 0 fully saturated rings. The molecule has 1 aliphatic carbocycles. The highest BCUT2D eigenvalue weighted by Gasteiger charge is 2.41. The molecule has 0 radical (unpaired) electrons. The van der Waals surface area contributed by atoms with E-state index in [1.54, 1.807) is 11.1 Å². The van der Waals surface area contributed by atoms with E-state index in [4.69, 9.17) is 0 Å². The van der Waals surface area contributed by atoms with Crippen LogP contribution in [0.4, 0.5) is 0 Å². The fourth-order valence-electron chi connectivity index (χ4n) is 3.29. The third-order valence-corrected chi connectivity index (χ3v) is 4.30. The monoisotopic (exact) mass is 314 g/mol. The van der Waals surface area contributed by atoms with Crippen LogP contribution in [0.3, 0.4) is 0 Å². The number of halogens is 1. The highest BCUT2D eigenvalue weighted by molar-refractivity contribution is 8.93. The van der Waals surface area contributed by atoms with Crippen LogP contribution in [0, 0.1) is 0 Å². The van der Waals surface area contributed by atoms with Gasteiger partial charge in [0.15, 0.2) is 0 Å². The number of rotatable bonds is 1. The maximum Gasteiger partial charge on any atom is -0.00427 e. The van der Waals surface area contributed by atoms with Gasteiger partial charge in [-0.1, -0.05) is 52.8 Å². The van der Waals surface area contributed by atoms with Crippen molar-refractivity contribution in [2.75, 3.05) is 0 Å². The maximum absolute atomic E-state index is 2.89. The second kappa shape index (κ2) is 4.67. The molecule has 17 heavy (non-hydrogen) atoms.